The lowest BCUT2D eigenvalue weighted by molar-refractivity contribution is -0.114. The van der Waals surface area contributed by atoms with Crippen LogP contribution >= 0.6 is 0 Å². The zero-order valence-corrected chi connectivity index (χ0v) is 20.0. The molecule has 1 aliphatic rings. The van der Waals surface area contributed by atoms with Gasteiger partial charge >= 0.3 is 0 Å². The lowest BCUT2D eigenvalue weighted by Crippen LogP contribution is -2.31. The van der Waals surface area contributed by atoms with E-state index in [0.717, 1.165) is 43.8 Å². The van der Waals surface area contributed by atoms with Crippen LogP contribution in [0.5, 0.6) is 5.75 Å². The second-order valence-electron chi connectivity index (χ2n) is 8.80. The monoisotopic (exact) mass is 471 g/mol. The number of ether oxygens (including phenoxy) is 1. The number of hydrogen-bond donors (Lipinski definition) is 2. The van der Waals surface area contributed by atoms with Gasteiger partial charge < -0.3 is 20.3 Å². The molecule has 2 N–H and O–H groups in total. The molecule has 1 heterocycles. The third-order valence-electron chi connectivity index (χ3n) is 6.10. The molecule has 1 aliphatic heterocycles. The third-order valence-corrected chi connectivity index (χ3v) is 6.10. The summed E-state index contributed by atoms with van der Waals surface area (Å²) in [5, 5.41) is 6.02. The van der Waals surface area contributed by atoms with Crippen LogP contribution in [-0.2, 0) is 11.2 Å². The fraction of sp³-hybridized carbons (Fsp3) is 0.310. The maximum atomic E-state index is 12.7. The highest BCUT2D eigenvalue weighted by Crippen LogP contribution is 2.18. The van der Waals surface area contributed by atoms with Gasteiger partial charge in [-0.3, -0.25) is 9.59 Å². The first-order valence-electron chi connectivity index (χ1n) is 12.4. The molecular weight excluding hydrogens is 438 g/mol. The maximum Gasteiger partial charge on any atom is 0.253 e. The number of rotatable bonds is 9. The van der Waals surface area contributed by atoms with E-state index < -0.39 is 0 Å². The molecule has 2 amide bonds. The molecule has 0 aromatic heterocycles. The zero-order chi connectivity index (χ0) is 24.3. The second-order valence-corrected chi connectivity index (χ2v) is 8.80. The SMILES string of the molecule is O=C(CNc1ccc(C(=O)N2CCCCCC2)cc1)Nc1cccc(OCCc2ccccc2)c1. The molecule has 182 valence electrons. The molecule has 0 spiro atoms. The zero-order valence-electron chi connectivity index (χ0n) is 20.0. The summed E-state index contributed by atoms with van der Waals surface area (Å²) in [6.45, 7) is 2.36. The van der Waals surface area contributed by atoms with E-state index in [9.17, 15) is 9.59 Å². The number of nitrogens with one attached hydrogen (secondary N) is 2. The molecular formula is C29H33N3O3. The molecule has 0 radical (unpaired) electrons. The van der Waals surface area contributed by atoms with Crippen LogP contribution in [-0.4, -0.2) is 43.0 Å². The normalized spacial score (nSPS) is 13.5. The first-order valence-corrected chi connectivity index (χ1v) is 12.4. The van der Waals surface area contributed by atoms with Crippen molar-refractivity contribution in [1.29, 1.82) is 0 Å². The highest BCUT2D eigenvalue weighted by molar-refractivity contribution is 5.95. The Balaban J connectivity index is 1.22. The minimum Gasteiger partial charge on any atom is -0.493 e. The van der Waals surface area contributed by atoms with Crippen molar-refractivity contribution in [3.8, 4) is 5.75 Å². The summed E-state index contributed by atoms with van der Waals surface area (Å²) in [4.78, 5) is 27.1. The van der Waals surface area contributed by atoms with E-state index in [1.807, 2.05) is 71.6 Å². The van der Waals surface area contributed by atoms with Crippen LogP contribution in [0.3, 0.4) is 0 Å². The summed E-state index contributed by atoms with van der Waals surface area (Å²) in [7, 11) is 0. The highest BCUT2D eigenvalue weighted by atomic mass is 16.5. The Kier molecular flexibility index (Phi) is 8.76. The number of carbonyl (C=O) groups is 2. The van der Waals surface area contributed by atoms with Crippen molar-refractivity contribution in [1.82, 2.24) is 4.90 Å². The minimum absolute atomic E-state index is 0.0852. The van der Waals surface area contributed by atoms with Gasteiger partial charge in [0.05, 0.1) is 13.2 Å². The van der Waals surface area contributed by atoms with Gasteiger partial charge in [0.15, 0.2) is 0 Å². The van der Waals surface area contributed by atoms with Crippen molar-refractivity contribution in [3.05, 3.63) is 90.0 Å². The van der Waals surface area contributed by atoms with Crippen LogP contribution in [0.15, 0.2) is 78.9 Å². The topological polar surface area (TPSA) is 70.7 Å². The van der Waals surface area contributed by atoms with Crippen molar-refractivity contribution in [2.45, 2.75) is 32.1 Å². The van der Waals surface area contributed by atoms with Crippen LogP contribution in [0.25, 0.3) is 0 Å². The average Bonchev–Trinajstić information content (AvgIpc) is 3.18. The first-order chi connectivity index (χ1) is 17.2. The Morgan fingerprint density at radius 1 is 0.800 bits per heavy atom. The van der Waals surface area contributed by atoms with Crippen LogP contribution < -0.4 is 15.4 Å². The first kappa shape index (κ1) is 24.3. The van der Waals surface area contributed by atoms with Gasteiger partial charge in [-0.2, -0.15) is 0 Å². The summed E-state index contributed by atoms with van der Waals surface area (Å²) in [5.74, 6) is 0.648. The highest BCUT2D eigenvalue weighted by Gasteiger charge is 2.17. The molecule has 1 fully saturated rings. The number of benzene rings is 3. The molecule has 0 bridgehead atoms. The Morgan fingerprint density at radius 2 is 1.54 bits per heavy atom. The van der Waals surface area contributed by atoms with Crippen molar-refractivity contribution in [2.24, 2.45) is 0 Å². The lowest BCUT2D eigenvalue weighted by Gasteiger charge is -2.20. The molecule has 3 aromatic rings. The molecule has 35 heavy (non-hydrogen) atoms. The van der Waals surface area contributed by atoms with Gasteiger partial charge in [0.2, 0.25) is 5.91 Å². The smallest absolute Gasteiger partial charge is 0.253 e. The molecule has 6 nitrogen and oxygen atoms in total. The Hall–Kier alpha value is -3.80. The summed E-state index contributed by atoms with van der Waals surface area (Å²) < 4.78 is 5.84. The Bertz CT molecular complexity index is 1090. The summed E-state index contributed by atoms with van der Waals surface area (Å²) in [5.41, 5.74) is 3.39. The second kappa shape index (κ2) is 12.6. The molecule has 1 saturated heterocycles. The number of carbonyl (C=O) groups excluding carboxylic acids is 2. The van der Waals surface area contributed by atoms with Crippen molar-refractivity contribution >= 4 is 23.2 Å². The number of likely N-dealkylation sites (tertiary alicyclic amines) is 1. The van der Waals surface area contributed by atoms with Gasteiger partial charge in [-0.05, 0) is 54.8 Å². The van der Waals surface area contributed by atoms with E-state index in [0.29, 0.717) is 17.9 Å². The molecule has 0 aliphatic carbocycles. The lowest BCUT2D eigenvalue weighted by atomic mass is 10.1. The number of amides is 2. The maximum absolute atomic E-state index is 12.7. The van der Waals surface area contributed by atoms with E-state index in [1.54, 1.807) is 0 Å². The molecule has 0 unspecified atom stereocenters. The van der Waals surface area contributed by atoms with E-state index >= 15 is 0 Å². The van der Waals surface area contributed by atoms with Gasteiger partial charge in [0.1, 0.15) is 5.75 Å². The standard InChI is InChI=1S/C29H33N3O3/c33-28(31-26-11-8-12-27(21-26)35-20-17-23-9-4-3-5-10-23)22-30-25-15-13-24(14-16-25)29(34)32-18-6-1-2-7-19-32/h3-5,8-16,21,30H,1-2,6-7,17-20,22H2,(H,31,33). The van der Waals surface area contributed by atoms with E-state index in [2.05, 4.69) is 22.8 Å². The number of anilines is 2. The van der Waals surface area contributed by atoms with Crippen LogP contribution in [0.4, 0.5) is 11.4 Å². The van der Waals surface area contributed by atoms with Gasteiger partial charge in [-0.25, -0.2) is 0 Å². The summed E-state index contributed by atoms with van der Waals surface area (Å²) in [6, 6.07) is 24.9. The number of hydrogen-bond acceptors (Lipinski definition) is 4. The Labute approximate surface area is 207 Å². The Morgan fingerprint density at radius 3 is 2.29 bits per heavy atom. The predicted octanol–water partition coefficient (Wildman–Crippen LogP) is 5.37. The van der Waals surface area contributed by atoms with Gasteiger partial charge in [-0.1, -0.05) is 49.2 Å². The molecule has 6 heteroatoms. The van der Waals surface area contributed by atoms with Crippen LogP contribution in [0.1, 0.15) is 41.6 Å². The summed E-state index contributed by atoms with van der Waals surface area (Å²) in [6.07, 6.45) is 5.36. The minimum atomic E-state index is -0.156. The molecule has 0 atom stereocenters. The predicted molar refractivity (Wildman–Crippen MR) is 140 cm³/mol. The number of nitrogens with zero attached hydrogens (tertiary/aromatic N) is 1. The van der Waals surface area contributed by atoms with Crippen molar-refractivity contribution in [3.63, 3.8) is 0 Å². The van der Waals surface area contributed by atoms with Gasteiger partial charge in [0.25, 0.3) is 5.91 Å². The molecule has 0 saturated carbocycles. The van der Waals surface area contributed by atoms with Crippen molar-refractivity contribution in [2.75, 3.05) is 36.9 Å². The van der Waals surface area contributed by atoms with E-state index in [1.165, 1.54) is 18.4 Å². The fourth-order valence-electron chi connectivity index (χ4n) is 4.17. The largest absolute Gasteiger partial charge is 0.493 e. The average molecular weight is 472 g/mol. The van der Waals surface area contributed by atoms with Crippen LogP contribution in [0.2, 0.25) is 0 Å². The van der Waals surface area contributed by atoms with Gasteiger partial charge in [0, 0.05) is 42.5 Å². The fourth-order valence-corrected chi connectivity index (χ4v) is 4.17. The summed E-state index contributed by atoms with van der Waals surface area (Å²) >= 11 is 0. The quantitative estimate of drug-likeness (QED) is 0.440. The van der Waals surface area contributed by atoms with Gasteiger partial charge in [-0.15, -0.1) is 0 Å². The van der Waals surface area contributed by atoms with E-state index in [4.69, 9.17) is 4.74 Å². The molecule has 3 aromatic carbocycles. The van der Waals surface area contributed by atoms with Crippen molar-refractivity contribution < 1.29 is 14.3 Å². The molecule has 4 rings (SSSR count). The van der Waals surface area contributed by atoms with Crippen LogP contribution in [0, 0.1) is 0 Å². The van der Waals surface area contributed by atoms with E-state index in [-0.39, 0.29) is 18.4 Å². The third kappa shape index (κ3) is 7.60.